The fourth-order valence-electron chi connectivity index (χ4n) is 3.32. The number of nitrogens with zero attached hydrogens (tertiary/aromatic N) is 4. The summed E-state index contributed by atoms with van der Waals surface area (Å²) in [7, 11) is 0. The van der Waals surface area contributed by atoms with E-state index in [1.54, 1.807) is 35.6 Å². The van der Waals surface area contributed by atoms with Gasteiger partial charge in [0.25, 0.3) is 5.91 Å². The van der Waals surface area contributed by atoms with E-state index in [-0.39, 0.29) is 17.6 Å². The second-order valence-electron chi connectivity index (χ2n) is 7.41. The lowest BCUT2D eigenvalue weighted by molar-refractivity contribution is 0.0619. The zero-order chi connectivity index (χ0) is 19.0. The lowest BCUT2D eigenvalue weighted by Gasteiger charge is -2.38. The van der Waals surface area contributed by atoms with Gasteiger partial charge in [-0.25, -0.2) is 4.98 Å². The fraction of sp³-hybridized carbons (Fsp3) is 0.300. The van der Waals surface area contributed by atoms with Crippen LogP contribution in [0.4, 0.5) is 0 Å². The molecule has 0 saturated carbocycles. The van der Waals surface area contributed by atoms with E-state index < -0.39 is 0 Å². The van der Waals surface area contributed by atoms with E-state index in [4.69, 9.17) is 4.74 Å². The summed E-state index contributed by atoms with van der Waals surface area (Å²) >= 11 is 0. The van der Waals surface area contributed by atoms with Crippen LogP contribution in [0.3, 0.4) is 0 Å². The van der Waals surface area contributed by atoms with Gasteiger partial charge in [-0.2, -0.15) is 0 Å². The quantitative estimate of drug-likeness (QED) is 0.773. The second-order valence-corrected chi connectivity index (χ2v) is 7.41. The van der Waals surface area contributed by atoms with Gasteiger partial charge in [0.1, 0.15) is 29.8 Å². The standard InChI is InChI=1S/C20H21N5O2/c1-13-4-6-15-16(9-20(2,3)27-17(15)8-13)24-19(26)14-5-7-18(21-10-14)25-11-22-23-12-25/h4-8,10-12,16H,9H2,1-3H3,(H,24,26). The first kappa shape index (κ1) is 17.2. The Balaban J connectivity index is 1.56. The summed E-state index contributed by atoms with van der Waals surface area (Å²) in [5, 5.41) is 10.6. The lowest BCUT2D eigenvalue weighted by atomic mass is 9.89. The van der Waals surface area contributed by atoms with Crippen molar-refractivity contribution in [3.63, 3.8) is 0 Å². The van der Waals surface area contributed by atoms with Gasteiger partial charge in [-0.3, -0.25) is 9.36 Å². The van der Waals surface area contributed by atoms with Crippen molar-refractivity contribution in [1.29, 1.82) is 0 Å². The van der Waals surface area contributed by atoms with Gasteiger partial charge in [0, 0.05) is 18.2 Å². The van der Waals surface area contributed by atoms with Crippen LogP contribution in [-0.4, -0.2) is 31.3 Å². The van der Waals surface area contributed by atoms with Crippen LogP contribution in [0, 0.1) is 6.92 Å². The van der Waals surface area contributed by atoms with Gasteiger partial charge in [-0.05, 0) is 44.5 Å². The molecule has 1 aliphatic rings. The van der Waals surface area contributed by atoms with Crippen molar-refractivity contribution in [2.24, 2.45) is 0 Å². The molecule has 0 spiro atoms. The van der Waals surface area contributed by atoms with Crippen molar-refractivity contribution >= 4 is 5.91 Å². The first-order valence-electron chi connectivity index (χ1n) is 8.83. The van der Waals surface area contributed by atoms with E-state index in [0.29, 0.717) is 17.8 Å². The largest absolute Gasteiger partial charge is 0.487 e. The summed E-state index contributed by atoms with van der Waals surface area (Å²) in [6, 6.07) is 9.48. The number of aryl methyl sites for hydroxylation is 1. The van der Waals surface area contributed by atoms with Gasteiger partial charge < -0.3 is 10.1 Å². The summed E-state index contributed by atoms with van der Waals surface area (Å²) in [5.41, 5.74) is 2.28. The predicted octanol–water partition coefficient (Wildman–Crippen LogP) is 3.00. The summed E-state index contributed by atoms with van der Waals surface area (Å²) in [6.45, 7) is 6.10. The molecule has 1 N–H and O–H groups in total. The van der Waals surface area contributed by atoms with Crippen LogP contribution in [0.25, 0.3) is 5.82 Å². The smallest absolute Gasteiger partial charge is 0.253 e. The number of carbonyl (C=O) groups excluding carboxylic acids is 1. The minimum atomic E-state index is -0.352. The van der Waals surface area contributed by atoms with E-state index in [0.717, 1.165) is 16.9 Å². The van der Waals surface area contributed by atoms with Crippen LogP contribution in [0.1, 0.15) is 47.8 Å². The number of aromatic nitrogens is 4. The minimum Gasteiger partial charge on any atom is -0.487 e. The fourth-order valence-corrected chi connectivity index (χ4v) is 3.32. The number of rotatable bonds is 3. The number of fused-ring (bicyclic) bond motifs is 1. The van der Waals surface area contributed by atoms with Crippen LogP contribution in [-0.2, 0) is 0 Å². The molecule has 27 heavy (non-hydrogen) atoms. The van der Waals surface area contributed by atoms with Gasteiger partial charge in [0.15, 0.2) is 0 Å². The Bertz CT molecular complexity index is 965. The van der Waals surface area contributed by atoms with Crippen molar-refractivity contribution in [3.05, 3.63) is 65.9 Å². The van der Waals surface area contributed by atoms with Crippen LogP contribution in [0.15, 0.2) is 49.2 Å². The molecule has 3 heterocycles. The molecule has 1 aromatic carbocycles. The molecule has 0 aliphatic carbocycles. The third kappa shape index (κ3) is 3.53. The maximum Gasteiger partial charge on any atom is 0.253 e. The maximum atomic E-state index is 12.8. The van der Waals surface area contributed by atoms with E-state index in [9.17, 15) is 4.79 Å². The second kappa shape index (κ2) is 6.50. The highest BCUT2D eigenvalue weighted by atomic mass is 16.5. The van der Waals surface area contributed by atoms with E-state index >= 15 is 0 Å². The van der Waals surface area contributed by atoms with Crippen molar-refractivity contribution in [2.75, 3.05) is 0 Å². The number of amides is 1. The molecule has 138 valence electrons. The highest BCUT2D eigenvalue weighted by Gasteiger charge is 2.34. The van der Waals surface area contributed by atoms with Crippen molar-refractivity contribution in [1.82, 2.24) is 25.1 Å². The van der Waals surface area contributed by atoms with E-state index in [1.807, 2.05) is 39.0 Å². The molecule has 1 aliphatic heterocycles. The van der Waals surface area contributed by atoms with Gasteiger partial charge in [-0.15, -0.1) is 10.2 Å². The summed E-state index contributed by atoms with van der Waals surface area (Å²) < 4.78 is 7.78. The van der Waals surface area contributed by atoms with Crippen molar-refractivity contribution < 1.29 is 9.53 Å². The first-order valence-corrected chi connectivity index (χ1v) is 8.83. The summed E-state index contributed by atoms with van der Waals surface area (Å²) in [4.78, 5) is 17.1. The molecular formula is C20H21N5O2. The van der Waals surface area contributed by atoms with Crippen LogP contribution < -0.4 is 10.1 Å². The highest BCUT2D eigenvalue weighted by Crippen LogP contribution is 2.40. The van der Waals surface area contributed by atoms with Gasteiger partial charge in [0.05, 0.1) is 11.6 Å². The zero-order valence-electron chi connectivity index (χ0n) is 15.5. The molecular weight excluding hydrogens is 342 g/mol. The molecule has 0 saturated heterocycles. The first-order chi connectivity index (χ1) is 12.9. The Morgan fingerprint density at radius 3 is 2.70 bits per heavy atom. The summed E-state index contributed by atoms with van der Waals surface area (Å²) in [6.07, 6.45) is 5.38. The average molecular weight is 363 g/mol. The number of hydrogen-bond acceptors (Lipinski definition) is 5. The topological polar surface area (TPSA) is 81.9 Å². The van der Waals surface area contributed by atoms with E-state index in [1.165, 1.54) is 0 Å². The number of carbonyl (C=O) groups is 1. The Morgan fingerprint density at radius 2 is 2.00 bits per heavy atom. The lowest BCUT2D eigenvalue weighted by Crippen LogP contribution is -2.41. The molecule has 7 heteroatoms. The molecule has 0 fully saturated rings. The molecule has 4 rings (SSSR count). The number of benzene rings is 1. The SMILES string of the molecule is Cc1ccc2c(c1)OC(C)(C)CC2NC(=O)c1ccc(-n2cnnc2)nc1. The number of pyridine rings is 1. The monoisotopic (exact) mass is 363 g/mol. The van der Waals surface area contributed by atoms with Crippen LogP contribution in [0.2, 0.25) is 0 Å². The Hall–Kier alpha value is -3.22. The molecule has 0 bridgehead atoms. The predicted molar refractivity (Wildman–Crippen MR) is 99.9 cm³/mol. The number of nitrogens with one attached hydrogen (secondary N) is 1. The van der Waals surface area contributed by atoms with Crippen LogP contribution >= 0.6 is 0 Å². The number of ether oxygens (including phenoxy) is 1. The molecule has 7 nitrogen and oxygen atoms in total. The Labute approximate surface area is 157 Å². The maximum absolute atomic E-state index is 12.8. The number of hydrogen-bond donors (Lipinski definition) is 1. The van der Waals surface area contributed by atoms with Crippen molar-refractivity contribution in [2.45, 2.75) is 38.8 Å². The molecule has 3 aromatic rings. The molecule has 2 aromatic heterocycles. The Kier molecular flexibility index (Phi) is 4.14. The summed E-state index contributed by atoms with van der Waals surface area (Å²) in [5.74, 6) is 1.33. The third-order valence-corrected chi connectivity index (χ3v) is 4.63. The normalized spacial score (nSPS) is 17.7. The van der Waals surface area contributed by atoms with Gasteiger partial charge in [0.2, 0.25) is 0 Å². The van der Waals surface area contributed by atoms with Crippen LogP contribution in [0.5, 0.6) is 5.75 Å². The van der Waals surface area contributed by atoms with Gasteiger partial charge in [-0.1, -0.05) is 12.1 Å². The zero-order valence-corrected chi connectivity index (χ0v) is 15.5. The Morgan fingerprint density at radius 1 is 1.22 bits per heavy atom. The molecule has 1 atom stereocenters. The van der Waals surface area contributed by atoms with Gasteiger partial charge >= 0.3 is 0 Å². The third-order valence-electron chi connectivity index (χ3n) is 4.63. The highest BCUT2D eigenvalue weighted by molar-refractivity contribution is 5.94. The van der Waals surface area contributed by atoms with Crippen molar-refractivity contribution in [3.8, 4) is 11.6 Å². The molecule has 1 amide bonds. The minimum absolute atomic E-state index is 0.116. The molecule has 1 unspecified atom stereocenters. The molecule has 0 radical (unpaired) electrons. The van der Waals surface area contributed by atoms with E-state index in [2.05, 4.69) is 20.5 Å². The average Bonchev–Trinajstić information content (AvgIpc) is 3.15.